The Morgan fingerprint density at radius 1 is 1.56 bits per heavy atom. The molecule has 1 saturated heterocycles. The Morgan fingerprint density at radius 3 is 2.75 bits per heavy atom. The van der Waals surface area contributed by atoms with Crippen molar-refractivity contribution >= 4 is 17.5 Å². The Hall–Kier alpha value is -0.280. The van der Waals surface area contributed by atoms with Gasteiger partial charge < -0.3 is 9.64 Å². The third-order valence-electron chi connectivity index (χ3n) is 3.73. The lowest BCUT2D eigenvalue weighted by Crippen LogP contribution is -2.48. The quantitative estimate of drug-likeness (QED) is 0.712. The number of ether oxygens (including phenoxy) is 1. The van der Waals surface area contributed by atoms with Gasteiger partial charge in [-0.1, -0.05) is 0 Å². The third kappa shape index (κ3) is 2.35. The third-order valence-corrected chi connectivity index (χ3v) is 4.08. The number of carbonyl (C=O) groups excluding carboxylic acids is 1. The van der Waals surface area contributed by atoms with Gasteiger partial charge in [0.1, 0.15) is 5.60 Å². The van der Waals surface area contributed by atoms with Gasteiger partial charge in [-0.25, -0.2) is 0 Å². The van der Waals surface area contributed by atoms with Crippen LogP contribution in [0.5, 0.6) is 0 Å². The molecule has 1 heterocycles. The van der Waals surface area contributed by atoms with Crippen LogP contribution in [0.25, 0.3) is 0 Å². The first-order valence-electron chi connectivity index (χ1n) is 6.05. The fourth-order valence-corrected chi connectivity index (χ4v) is 3.13. The summed E-state index contributed by atoms with van der Waals surface area (Å²) in [5, 5.41) is 0.326. The number of alkyl halides is 1. The summed E-state index contributed by atoms with van der Waals surface area (Å²) in [6.45, 7) is 3.44. The van der Waals surface area contributed by atoms with Gasteiger partial charge in [0, 0.05) is 25.6 Å². The zero-order chi connectivity index (χ0) is 11.8. The molecule has 0 radical (unpaired) electrons. The first-order valence-corrected chi connectivity index (χ1v) is 6.48. The highest BCUT2D eigenvalue weighted by molar-refractivity contribution is 6.21. The summed E-state index contributed by atoms with van der Waals surface area (Å²) in [5.41, 5.74) is -0.571. The lowest BCUT2D eigenvalue weighted by atomic mass is 9.84. The minimum Gasteiger partial charge on any atom is -0.365 e. The van der Waals surface area contributed by atoms with Gasteiger partial charge >= 0.3 is 0 Å². The molecule has 3 nitrogen and oxygen atoms in total. The number of carbonyl (C=O) groups is 1. The SMILES string of the molecule is CN(CC1CC(Cl)C1)C(=O)C1(C)CCCO1. The highest BCUT2D eigenvalue weighted by atomic mass is 35.5. The van der Waals surface area contributed by atoms with Crippen molar-refractivity contribution in [3.05, 3.63) is 0 Å². The molecular weight excluding hydrogens is 226 g/mol. The zero-order valence-electron chi connectivity index (χ0n) is 10.0. The minimum absolute atomic E-state index is 0.128. The molecule has 0 aromatic carbocycles. The molecule has 1 atom stereocenters. The first-order chi connectivity index (χ1) is 7.51. The van der Waals surface area contributed by atoms with E-state index in [0.717, 1.165) is 32.2 Å². The lowest BCUT2D eigenvalue weighted by Gasteiger charge is -2.36. The Labute approximate surface area is 102 Å². The van der Waals surface area contributed by atoms with E-state index in [1.807, 2.05) is 18.9 Å². The lowest BCUT2D eigenvalue weighted by molar-refractivity contribution is -0.150. The van der Waals surface area contributed by atoms with Crippen molar-refractivity contribution in [2.75, 3.05) is 20.2 Å². The molecule has 1 aliphatic heterocycles. The first kappa shape index (κ1) is 12.2. The van der Waals surface area contributed by atoms with Crippen molar-refractivity contribution in [2.45, 2.75) is 43.6 Å². The van der Waals surface area contributed by atoms with Crippen molar-refractivity contribution in [2.24, 2.45) is 5.92 Å². The monoisotopic (exact) mass is 245 g/mol. The standard InChI is InChI=1S/C12H20ClNO2/c1-12(4-3-5-16-12)11(15)14(2)8-9-6-10(13)7-9/h9-10H,3-8H2,1-2H3. The molecule has 1 saturated carbocycles. The van der Waals surface area contributed by atoms with Crippen LogP contribution >= 0.6 is 11.6 Å². The predicted octanol–water partition coefficient (Wildman–Crippen LogP) is 2.03. The van der Waals surface area contributed by atoms with E-state index in [4.69, 9.17) is 16.3 Å². The molecule has 4 heteroatoms. The van der Waals surface area contributed by atoms with Gasteiger partial charge in [-0.05, 0) is 38.5 Å². The van der Waals surface area contributed by atoms with Crippen molar-refractivity contribution < 1.29 is 9.53 Å². The second-order valence-corrected chi connectivity index (χ2v) is 5.92. The van der Waals surface area contributed by atoms with Gasteiger partial charge in [0.05, 0.1) is 0 Å². The summed E-state index contributed by atoms with van der Waals surface area (Å²) >= 11 is 5.93. The molecule has 1 amide bonds. The van der Waals surface area contributed by atoms with E-state index in [0.29, 0.717) is 17.9 Å². The number of halogens is 1. The van der Waals surface area contributed by atoms with Gasteiger partial charge in [-0.2, -0.15) is 0 Å². The van der Waals surface area contributed by atoms with Gasteiger partial charge in [0.25, 0.3) is 5.91 Å². The topological polar surface area (TPSA) is 29.5 Å². The molecule has 16 heavy (non-hydrogen) atoms. The van der Waals surface area contributed by atoms with E-state index >= 15 is 0 Å². The van der Waals surface area contributed by atoms with Crippen molar-refractivity contribution in [1.82, 2.24) is 4.90 Å². The Balaban J connectivity index is 1.84. The predicted molar refractivity (Wildman–Crippen MR) is 63.6 cm³/mol. The molecule has 2 rings (SSSR count). The number of likely N-dealkylation sites (N-methyl/N-ethyl adjacent to an activating group) is 1. The van der Waals surface area contributed by atoms with Crippen LogP contribution in [0.15, 0.2) is 0 Å². The van der Waals surface area contributed by atoms with Crippen LogP contribution in [0.3, 0.4) is 0 Å². The van der Waals surface area contributed by atoms with E-state index in [1.54, 1.807) is 0 Å². The molecule has 0 N–H and O–H groups in total. The van der Waals surface area contributed by atoms with Crippen LogP contribution in [0.2, 0.25) is 0 Å². The van der Waals surface area contributed by atoms with Crippen molar-refractivity contribution in [1.29, 1.82) is 0 Å². The molecule has 1 aliphatic carbocycles. The second kappa shape index (κ2) is 4.53. The molecule has 2 aliphatic rings. The van der Waals surface area contributed by atoms with E-state index in [-0.39, 0.29) is 5.91 Å². The molecule has 0 aromatic rings. The van der Waals surface area contributed by atoms with E-state index in [1.165, 1.54) is 0 Å². The van der Waals surface area contributed by atoms with Crippen molar-refractivity contribution in [3.63, 3.8) is 0 Å². The molecular formula is C12H20ClNO2. The smallest absolute Gasteiger partial charge is 0.254 e. The van der Waals surface area contributed by atoms with E-state index < -0.39 is 5.60 Å². The Bertz CT molecular complexity index is 270. The van der Waals surface area contributed by atoms with Crippen LogP contribution in [0, 0.1) is 5.92 Å². The summed E-state index contributed by atoms with van der Waals surface area (Å²) in [4.78, 5) is 14.0. The van der Waals surface area contributed by atoms with Crippen molar-refractivity contribution in [3.8, 4) is 0 Å². The zero-order valence-corrected chi connectivity index (χ0v) is 10.8. The Morgan fingerprint density at radius 2 is 2.25 bits per heavy atom. The Kier molecular flexibility index (Phi) is 3.45. The molecule has 2 fully saturated rings. The summed E-state index contributed by atoms with van der Waals surface area (Å²) in [6, 6.07) is 0. The van der Waals surface area contributed by atoms with Gasteiger partial charge in [-0.15, -0.1) is 11.6 Å². The van der Waals surface area contributed by atoms with E-state index in [2.05, 4.69) is 0 Å². The summed E-state index contributed by atoms with van der Waals surface area (Å²) in [6.07, 6.45) is 3.91. The molecule has 92 valence electrons. The van der Waals surface area contributed by atoms with Crippen LogP contribution in [0.4, 0.5) is 0 Å². The number of hydrogen-bond acceptors (Lipinski definition) is 2. The maximum atomic E-state index is 12.2. The summed E-state index contributed by atoms with van der Waals surface area (Å²) in [5.74, 6) is 0.712. The number of rotatable bonds is 3. The van der Waals surface area contributed by atoms with Crippen LogP contribution in [-0.4, -0.2) is 42.0 Å². The number of nitrogens with zero attached hydrogens (tertiary/aromatic N) is 1. The van der Waals surface area contributed by atoms with Gasteiger partial charge in [0.2, 0.25) is 0 Å². The summed E-state index contributed by atoms with van der Waals surface area (Å²) < 4.78 is 5.56. The average molecular weight is 246 g/mol. The number of amides is 1. The molecule has 0 aromatic heterocycles. The van der Waals surface area contributed by atoms with Gasteiger partial charge in [-0.3, -0.25) is 4.79 Å². The second-order valence-electron chi connectivity index (χ2n) is 5.30. The largest absolute Gasteiger partial charge is 0.365 e. The maximum absolute atomic E-state index is 12.2. The van der Waals surface area contributed by atoms with Gasteiger partial charge in [0.15, 0.2) is 0 Å². The number of hydrogen-bond donors (Lipinski definition) is 0. The maximum Gasteiger partial charge on any atom is 0.254 e. The minimum atomic E-state index is -0.571. The molecule has 0 spiro atoms. The van der Waals surface area contributed by atoms with Crippen LogP contribution in [0.1, 0.15) is 32.6 Å². The van der Waals surface area contributed by atoms with Crippen LogP contribution in [-0.2, 0) is 9.53 Å². The fourth-order valence-electron chi connectivity index (χ4n) is 2.63. The highest BCUT2D eigenvalue weighted by Gasteiger charge is 2.40. The fraction of sp³-hybridized carbons (Fsp3) is 0.917. The highest BCUT2D eigenvalue weighted by Crippen LogP contribution is 2.33. The molecule has 1 unspecified atom stereocenters. The summed E-state index contributed by atoms with van der Waals surface area (Å²) in [7, 11) is 1.87. The molecule has 0 bridgehead atoms. The average Bonchev–Trinajstić information content (AvgIpc) is 2.63. The van der Waals surface area contributed by atoms with E-state index in [9.17, 15) is 4.79 Å². The van der Waals surface area contributed by atoms with Crippen LogP contribution < -0.4 is 0 Å². The normalized spacial score (nSPS) is 38.2.